The van der Waals surface area contributed by atoms with E-state index in [4.69, 9.17) is 25.8 Å². The molecular weight excluding hydrogens is 374 g/mol. The van der Waals surface area contributed by atoms with Crippen LogP contribution < -0.4 is 14.8 Å². The molecule has 4 nitrogen and oxygen atoms in total. The van der Waals surface area contributed by atoms with E-state index in [1.54, 1.807) is 0 Å². The van der Waals surface area contributed by atoms with E-state index in [1.165, 1.54) is 6.42 Å². The normalized spacial score (nSPS) is 10.8. The summed E-state index contributed by atoms with van der Waals surface area (Å²) >= 11 is 5.96. The van der Waals surface area contributed by atoms with Crippen molar-refractivity contribution in [1.82, 2.24) is 5.32 Å². The molecule has 0 fully saturated rings. The summed E-state index contributed by atoms with van der Waals surface area (Å²) in [6, 6.07) is 13.7. The minimum atomic E-state index is 0.472. The number of nitrogens with one attached hydrogen (secondary N) is 1. The first-order valence-corrected chi connectivity index (χ1v) is 10.5. The number of hydrogen-bond acceptors (Lipinski definition) is 4. The third-order valence-corrected chi connectivity index (χ3v) is 4.51. The summed E-state index contributed by atoms with van der Waals surface area (Å²) in [5.41, 5.74) is 2.16. The van der Waals surface area contributed by atoms with Crippen molar-refractivity contribution in [3.63, 3.8) is 0 Å². The van der Waals surface area contributed by atoms with Crippen LogP contribution >= 0.6 is 11.6 Å². The molecule has 2 aromatic rings. The molecule has 0 spiro atoms. The predicted molar refractivity (Wildman–Crippen MR) is 115 cm³/mol. The lowest BCUT2D eigenvalue weighted by atomic mass is 10.1. The molecule has 0 unspecified atom stereocenters. The first kappa shape index (κ1) is 22.5. The lowest BCUT2D eigenvalue weighted by Gasteiger charge is -2.16. The van der Waals surface area contributed by atoms with Gasteiger partial charge in [-0.25, -0.2) is 0 Å². The number of unbranched alkanes of at least 4 members (excludes halogenated alkanes) is 1. The largest absolute Gasteiger partial charge is 0.490 e. The van der Waals surface area contributed by atoms with Gasteiger partial charge in [0.2, 0.25) is 0 Å². The maximum absolute atomic E-state index is 6.14. The lowest BCUT2D eigenvalue weighted by molar-refractivity contribution is 0.128. The van der Waals surface area contributed by atoms with Crippen LogP contribution in [0.25, 0.3) is 0 Å². The van der Waals surface area contributed by atoms with E-state index in [0.29, 0.717) is 13.2 Å². The number of halogens is 1. The summed E-state index contributed by atoms with van der Waals surface area (Å²) < 4.78 is 17.5. The topological polar surface area (TPSA) is 39.7 Å². The Balaban J connectivity index is 1.89. The van der Waals surface area contributed by atoms with Crippen LogP contribution in [0.4, 0.5) is 0 Å². The first-order valence-electron chi connectivity index (χ1n) is 10.1. The van der Waals surface area contributed by atoms with Crippen LogP contribution in [0.5, 0.6) is 11.5 Å². The molecular formula is C23H32ClNO3. The van der Waals surface area contributed by atoms with Crippen LogP contribution in [-0.2, 0) is 17.9 Å². The van der Waals surface area contributed by atoms with Crippen LogP contribution in [0.3, 0.4) is 0 Å². The molecule has 154 valence electrons. The van der Waals surface area contributed by atoms with Crippen molar-refractivity contribution in [3.8, 4) is 11.5 Å². The van der Waals surface area contributed by atoms with Crippen molar-refractivity contribution in [2.24, 2.45) is 0 Å². The standard InChI is InChI=1S/C23H32ClNO3/c1-3-5-15-26-16-7-14-25-17-20-8-6-9-22(27-4-2)23(20)28-18-19-10-12-21(24)13-11-19/h6,8-13,25H,3-5,7,14-18H2,1-2H3. The zero-order chi connectivity index (χ0) is 20.0. The molecule has 0 radical (unpaired) electrons. The van der Waals surface area contributed by atoms with Gasteiger partial charge in [0.25, 0.3) is 0 Å². The molecule has 28 heavy (non-hydrogen) atoms. The fourth-order valence-electron chi connectivity index (χ4n) is 2.74. The van der Waals surface area contributed by atoms with Crippen molar-refractivity contribution >= 4 is 11.6 Å². The van der Waals surface area contributed by atoms with Gasteiger partial charge in [0.05, 0.1) is 6.61 Å². The Labute approximate surface area is 174 Å². The SMILES string of the molecule is CCCCOCCCNCc1cccc(OCC)c1OCc1ccc(Cl)cc1. The summed E-state index contributed by atoms with van der Waals surface area (Å²) in [5.74, 6) is 1.57. The average Bonchev–Trinajstić information content (AvgIpc) is 2.71. The second-order valence-corrected chi connectivity index (χ2v) is 7.03. The summed E-state index contributed by atoms with van der Waals surface area (Å²) in [6.45, 7) is 8.51. The van der Waals surface area contributed by atoms with E-state index < -0.39 is 0 Å². The molecule has 0 saturated carbocycles. The van der Waals surface area contributed by atoms with Crippen LogP contribution in [-0.4, -0.2) is 26.4 Å². The monoisotopic (exact) mass is 405 g/mol. The zero-order valence-electron chi connectivity index (χ0n) is 17.0. The average molecular weight is 406 g/mol. The highest BCUT2D eigenvalue weighted by Gasteiger charge is 2.11. The van der Waals surface area contributed by atoms with Gasteiger partial charge in [-0.15, -0.1) is 0 Å². The summed E-state index contributed by atoms with van der Waals surface area (Å²) in [5, 5.41) is 4.20. The third-order valence-electron chi connectivity index (χ3n) is 4.26. The molecule has 0 saturated heterocycles. The number of hydrogen-bond donors (Lipinski definition) is 1. The molecule has 0 aliphatic carbocycles. The minimum absolute atomic E-state index is 0.472. The fraction of sp³-hybridized carbons (Fsp3) is 0.478. The van der Waals surface area contributed by atoms with Crippen LogP contribution in [0, 0.1) is 0 Å². The molecule has 0 aromatic heterocycles. The maximum atomic E-state index is 6.14. The highest BCUT2D eigenvalue weighted by Crippen LogP contribution is 2.32. The van der Waals surface area contributed by atoms with Crippen molar-refractivity contribution in [1.29, 1.82) is 0 Å². The summed E-state index contributed by atoms with van der Waals surface area (Å²) in [7, 11) is 0. The molecule has 0 heterocycles. The Morgan fingerprint density at radius 3 is 2.46 bits per heavy atom. The number of ether oxygens (including phenoxy) is 3. The van der Waals surface area contributed by atoms with Crippen LogP contribution in [0.2, 0.25) is 5.02 Å². The number of benzene rings is 2. The lowest BCUT2D eigenvalue weighted by Crippen LogP contribution is -2.17. The Kier molecular flexibility index (Phi) is 10.8. The highest BCUT2D eigenvalue weighted by atomic mass is 35.5. The van der Waals surface area contributed by atoms with Crippen molar-refractivity contribution < 1.29 is 14.2 Å². The molecule has 0 atom stereocenters. The van der Waals surface area contributed by atoms with E-state index in [1.807, 2.05) is 43.3 Å². The molecule has 0 aliphatic heterocycles. The van der Waals surface area contributed by atoms with Gasteiger partial charge in [0.1, 0.15) is 6.61 Å². The van der Waals surface area contributed by atoms with Gasteiger partial charge < -0.3 is 19.5 Å². The Hall–Kier alpha value is -1.75. The van der Waals surface area contributed by atoms with Crippen LogP contribution in [0.15, 0.2) is 42.5 Å². The van der Waals surface area contributed by atoms with E-state index in [-0.39, 0.29) is 0 Å². The molecule has 0 bridgehead atoms. The summed E-state index contributed by atoms with van der Waals surface area (Å²) in [6.07, 6.45) is 3.30. The Bertz CT molecular complexity index is 676. The third kappa shape index (κ3) is 8.09. The van der Waals surface area contributed by atoms with Crippen LogP contribution in [0.1, 0.15) is 44.2 Å². The molecule has 2 aromatic carbocycles. The van der Waals surface area contributed by atoms with Gasteiger partial charge in [0.15, 0.2) is 11.5 Å². The highest BCUT2D eigenvalue weighted by molar-refractivity contribution is 6.30. The molecule has 5 heteroatoms. The fourth-order valence-corrected chi connectivity index (χ4v) is 2.87. The maximum Gasteiger partial charge on any atom is 0.166 e. The van der Waals surface area contributed by atoms with Crippen molar-refractivity contribution in [2.75, 3.05) is 26.4 Å². The smallest absolute Gasteiger partial charge is 0.166 e. The zero-order valence-corrected chi connectivity index (χ0v) is 17.8. The van der Waals surface area contributed by atoms with Gasteiger partial charge in [0, 0.05) is 30.3 Å². The minimum Gasteiger partial charge on any atom is -0.490 e. The van der Waals surface area contributed by atoms with Gasteiger partial charge in [-0.2, -0.15) is 0 Å². The van der Waals surface area contributed by atoms with Crippen molar-refractivity contribution in [3.05, 3.63) is 58.6 Å². The van der Waals surface area contributed by atoms with Gasteiger partial charge in [-0.1, -0.05) is 49.2 Å². The van der Waals surface area contributed by atoms with Gasteiger partial charge in [-0.05, 0) is 50.1 Å². The molecule has 1 N–H and O–H groups in total. The second-order valence-electron chi connectivity index (χ2n) is 6.59. The van der Waals surface area contributed by atoms with E-state index in [9.17, 15) is 0 Å². The molecule has 0 aliphatic rings. The Morgan fingerprint density at radius 1 is 0.929 bits per heavy atom. The predicted octanol–water partition coefficient (Wildman–Crippen LogP) is 5.61. The second kappa shape index (κ2) is 13.4. The number of para-hydroxylation sites is 1. The number of rotatable bonds is 14. The molecule has 2 rings (SSSR count). The van der Waals surface area contributed by atoms with E-state index in [2.05, 4.69) is 18.3 Å². The quantitative estimate of drug-likeness (QED) is 0.414. The summed E-state index contributed by atoms with van der Waals surface area (Å²) in [4.78, 5) is 0. The molecule has 0 amide bonds. The van der Waals surface area contributed by atoms with Gasteiger partial charge in [-0.3, -0.25) is 0 Å². The van der Waals surface area contributed by atoms with Crippen molar-refractivity contribution in [2.45, 2.75) is 46.3 Å². The first-order chi connectivity index (χ1) is 13.7. The van der Waals surface area contributed by atoms with E-state index in [0.717, 1.165) is 66.8 Å². The van der Waals surface area contributed by atoms with Gasteiger partial charge >= 0.3 is 0 Å². The Morgan fingerprint density at radius 2 is 1.71 bits per heavy atom. The van der Waals surface area contributed by atoms with E-state index >= 15 is 0 Å².